The molecule has 8 rings (SSSR count). The molecule has 1 N–H and O–H groups in total. The number of carbonyl (C=O) groups excluding carboxylic acids is 1. The molecule has 47 heavy (non-hydrogen) atoms. The second-order valence-corrected chi connectivity index (χ2v) is 18.4. The van der Waals surface area contributed by atoms with Gasteiger partial charge in [0.05, 0.1) is 17.6 Å². The van der Waals surface area contributed by atoms with Gasteiger partial charge >= 0.3 is 5.97 Å². The Morgan fingerprint density at radius 2 is 1.72 bits per heavy atom. The molecule has 0 aromatic heterocycles. The highest BCUT2D eigenvalue weighted by molar-refractivity contribution is 5.90. The Morgan fingerprint density at radius 3 is 2.45 bits per heavy atom. The van der Waals surface area contributed by atoms with Crippen molar-refractivity contribution in [2.45, 2.75) is 142 Å². The number of carbonyl (C=O) groups is 2. The molecular formula is C41H64N2O4. The fourth-order valence-corrected chi connectivity index (χ4v) is 14.3. The number of hydrogen-bond acceptors (Lipinski definition) is 5. The molecule has 4 saturated carbocycles. The maximum absolute atomic E-state index is 14.2. The van der Waals surface area contributed by atoms with Gasteiger partial charge in [-0.1, -0.05) is 77.4 Å². The van der Waals surface area contributed by atoms with E-state index in [4.69, 9.17) is 4.74 Å². The van der Waals surface area contributed by atoms with Crippen LogP contribution < -0.4 is 0 Å². The van der Waals surface area contributed by atoms with Gasteiger partial charge in [0.25, 0.3) is 0 Å². The van der Waals surface area contributed by atoms with E-state index in [1.54, 1.807) is 0 Å². The van der Waals surface area contributed by atoms with Crippen LogP contribution in [0.3, 0.4) is 0 Å². The maximum atomic E-state index is 14.2. The lowest BCUT2D eigenvalue weighted by molar-refractivity contribution is -0.198. The lowest BCUT2D eigenvalue weighted by Gasteiger charge is -2.60. The van der Waals surface area contributed by atoms with Gasteiger partial charge in [-0.25, -0.2) is 0 Å². The Kier molecular flexibility index (Phi) is 8.77. The highest BCUT2D eigenvalue weighted by Gasteiger charge is 2.86. The molecule has 7 fully saturated rings. The number of rotatable bonds is 10. The normalized spacial score (nSPS) is 47.1. The van der Waals surface area contributed by atoms with Crippen LogP contribution in [0.2, 0.25) is 0 Å². The molecule has 0 spiro atoms. The van der Waals surface area contributed by atoms with E-state index >= 15 is 0 Å². The van der Waals surface area contributed by atoms with Crippen LogP contribution in [0.25, 0.3) is 0 Å². The molecule has 8 aliphatic rings. The lowest BCUT2D eigenvalue weighted by atomic mass is 9.41. The van der Waals surface area contributed by atoms with Crippen LogP contribution in [0, 0.1) is 57.7 Å². The van der Waals surface area contributed by atoms with Gasteiger partial charge < -0.3 is 19.5 Å². The molecule has 0 amide bonds. The number of ether oxygens (including phenoxy) is 1. The predicted octanol–water partition coefficient (Wildman–Crippen LogP) is 7.61. The van der Waals surface area contributed by atoms with Crippen molar-refractivity contribution in [1.82, 2.24) is 9.80 Å². The quantitative estimate of drug-likeness (QED) is 0.194. The van der Waals surface area contributed by atoms with Gasteiger partial charge in [0, 0.05) is 24.5 Å². The van der Waals surface area contributed by atoms with Gasteiger partial charge in [-0.15, -0.1) is 0 Å². The second-order valence-electron chi connectivity index (χ2n) is 18.4. The van der Waals surface area contributed by atoms with Crippen molar-refractivity contribution in [3.63, 3.8) is 0 Å². The summed E-state index contributed by atoms with van der Waals surface area (Å²) in [7, 11) is 0. The molecule has 5 aliphatic carbocycles. The van der Waals surface area contributed by atoms with E-state index in [9.17, 15) is 14.7 Å². The fraction of sp³-hybridized carbons (Fsp3) is 0.902. The summed E-state index contributed by atoms with van der Waals surface area (Å²) in [4.78, 5) is 33.5. The van der Waals surface area contributed by atoms with Gasteiger partial charge in [0.1, 0.15) is 11.7 Å². The number of carboxylic acids is 1. The summed E-state index contributed by atoms with van der Waals surface area (Å²) in [6.07, 6.45) is 23.0. The van der Waals surface area contributed by atoms with Crippen LogP contribution in [0.15, 0.2) is 11.6 Å². The van der Waals surface area contributed by atoms with Crippen LogP contribution in [-0.2, 0) is 14.3 Å². The predicted molar refractivity (Wildman–Crippen MR) is 185 cm³/mol. The number of fused-ring (bicyclic) bond motifs is 2. The summed E-state index contributed by atoms with van der Waals surface area (Å²) >= 11 is 0. The minimum absolute atomic E-state index is 0.0894. The molecule has 6 nitrogen and oxygen atoms in total. The van der Waals surface area contributed by atoms with E-state index < -0.39 is 22.2 Å². The van der Waals surface area contributed by atoms with Gasteiger partial charge in [-0.05, 0) is 119 Å². The number of allylic oxidation sites excluding steroid dienone is 1. The molecule has 0 radical (unpaired) electrons. The minimum Gasteiger partial charge on any atom is -0.481 e. The summed E-state index contributed by atoms with van der Waals surface area (Å²) in [6, 6.07) is 0.606. The third kappa shape index (κ3) is 4.79. The van der Waals surface area contributed by atoms with Crippen LogP contribution in [-0.4, -0.2) is 78.1 Å². The van der Waals surface area contributed by atoms with Gasteiger partial charge in [0.15, 0.2) is 0 Å². The molecule has 3 saturated heterocycles. The van der Waals surface area contributed by atoms with Crippen molar-refractivity contribution in [2.24, 2.45) is 57.7 Å². The highest BCUT2D eigenvalue weighted by atomic mass is 16.5. The zero-order valence-electron chi connectivity index (χ0n) is 29.8. The minimum atomic E-state index is -1.13. The molecule has 262 valence electrons. The van der Waals surface area contributed by atoms with Crippen LogP contribution in [0.4, 0.5) is 0 Å². The molecular weight excluding hydrogens is 584 g/mol. The van der Waals surface area contributed by atoms with Crippen LogP contribution in [0.1, 0.15) is 124 Å². The SMILES string of the molecule is CC(C)C1=CC2CC3(C=O)[C@@H]4CC[C@@H](C)[C@H]4CC2([C@H]2C[C@@H](CC4CCCC4)[C@H](CN4CCCC[C@H]4CN4CCCCC4)O2)[C@]13C(=O)O. The summed E-state index contributed by atoms with van der Waals surface area (Å²) in [5.41, 5.74) is -1.40. The van der Waals surface area contributed by atoms with Crippen molar-refractivity contribution < 1.29 is 19.4 Å². The Morgan fingerprint density at radius 1 is 0.979 bits per heavy atom. The van der Waals surface area contributed by atoms with E-state index in [1.807, 2.05) is 0 Å². The summed E-state index contributed by atoms with van der Waals surface area (Å²) in [5, 5.41) is 11.7. The smallest absolute Gasteiger partial charge is 0.315 e. The van der Waals surface area contributed by atoms with Crippen molar-refractivity contribution in [3.8, 4) is 0 Å². The first-order valence-corrected chi connectivity index (χ1v) is 20.3. The van der Waals surface area contributed by atoms with Gasteiger partial charge in [-0.2, -0.15) is 0 Å². The van der Waals surface area contributed by atoms with Crippen molar-refractivity contribution in [2.75, 3.05) is 32.7 Å². The standard InChI is InChI=1S/C41H64N2O4/c1-27(2)35-21-31-22-39(26-44)34-15-14-28(3)33(34)23-40(31,41(35,39)38(45)46)37-20-30(19-29-11-5-6-12-29)36(47-37)25-43-18-10-7-13-32(43)24-42-16-8-4-9-17-42/h21,26-34,36-37H,4-20,22-25H2,1-3H3,(H,45,46)/t28-,30-,31?,32+,33-,34-,36+,37-,39?,40?,41+/m1/s1. The van der Waals surface area contributed by atoms with Crippen LogP contribution in [0.5, 0.6) is 0 Å². The molecule has 3 heterocycles. The van der Waals surface area contributed by atoms with E-state index in [1.165, 1.54) is 103 Å². The summed E-state index contributed by atoms with van der Waals surface area (Å²) < 4.78 is 7.58. The van der Waals surface area contributed by atoms with Gasteiger partial charge in [-0.3, -0.25) is 9.69 Å². The monoisotopic (exact) mass is 648 g/mol. The second kappa shape index (κ2) is 12.5. The number of hydrogen-bond donors (Lipinski definition) is 1. The van der Waals surface area contributed by atoms with E-state index in [-0.39, 0.29) is 30.0 Å². The highest BCUT2D eigenvalue weighted by Crippen LogP contribution is 2.84. The zero-order valence-corrected chi connectivity index (χ0v) is 29.8. The van der Waals surface area contributed by atoms with E-state index in [2.05, 4.69) is 36.6 Å². The number of likely N-dealkylation sites (tertiary alicyclic amines) is 2. The Hall–Kier alpha value is -1.24. The average Bonchev–Trinajstić information content (AvgIpc) is 3.88. The average molecular weight is 649 g/mol. The number of nitrogens with zero attached hydrogens (tertiary/aromatic N) is 2. The maximum Gasteiger partial charge on any atom is 0.315 e. The Bertz CT molecular complexity index is 1220. The topological polar surface area (TPSA) is 70.1 Å². The molecule has 0 aromatic carbocycles. The van der Waals surface area contributed by atoms with Gasteiger partial charge in [0.2, 0.25) is 0 Å². The number of aldehydes is 1. The van der Waals surface area contributed by atoms with E-state index in [0.29, 0.717) is 23.8 Å². The molecule has 3 unspecified atom stereocenters. The van der Waals surface area contributed by atoms with Crippen LogP contribution >= 0.6 is 0 Å². The van der Waals surface area contributed by atoms with Crippen molar-refractivity contribution >= 4 is 12.3 Å². The first-order chi connectivity index (χ1) is 22.7. The third-order valence-corrected chi connectivity index (χ3v) is 16.1. The lowest BCUT2D eigenvalue weighted by Crippen LogP contribution is -2.65. The first-order valence-electron chi connectivity index (χ1n) is 20.3. The molecule has 11 atom stereocenters. The molecule has 4 bridgehead atoms. The van der Waals surface area contributed by atoms with Crippen molar-refractivity contribution in [1.29, 1.82) is 0 Å². The summed E-state index contributed by atoms with van der Waals surface area (Å²) in [6.45, 7) is 12.6. The third-order valence-electron chi connectivity index (χ3n) is 16.1. The largest absolute Gasteiger partial charge is 0.481 e. The van der Waals surface area contributed by atoms with E-state index in [0.717, 1.165) is 50.1 Å². The first kappa shape index (κ1) is 32.9. The molecule has 3 aliphatic heterocycles. The Balaban J connectivity index is 1.15. The van der Waals surface area contributed by atoms with Crippen molar-refractivity contribution in [3.05, 3.63) is 11.6 Å². The Labute approximate surface area is 284 Å². The molecule has 6 heteroatoms. The number of carboxylic acid groups (broad SMARTS) is 1. The summed E-state index contributed by atoms with van der Waals surface area (Å²) in [5.74, 6) is 1.92. The number of piperidine rings is 2. The number of aliphatic carboxylic acids is 1. The zero-order chi connectivity index (χ0) is 32.6. The fourth-order valence-electron chi connectivity index (χ4n) is 14.3. The molecule has 0 aromatic rings.